The van der Waals surface area contributed by atoms with Gasteiger partial charge in [-0.2, -0.15) is 0 Å². The standard InChI is InChI=1S/C10H16N4O4S/c1-2-11-8(16)3-4-14-7(5-15)12-13-10(14)19-6-9(17)18/h15H,2-6H2,1H3,(H,11,16)(H,17,18). The van der Waals surface area contributed by atoms with Gasteiger partial charge < -0.3 is 20.1 Å². The molecule has 0 atom stereocenters. The maximum absolute atomic E-state index is 11.4. The van der Waals surface area contributed by atoms with Crippen LogP contribution in [0, 0.1) is 0 Å². The number of aliphatic carboxylic acids is 1. The van der Waals surface area contributed by atoms with E-state index in [2.05, 4.69) is 15.5 Å². The first kappa shape index (κ1) is 15.4. The highest BCUT2D eigenvalue weighted by Crippen LogP contribution is 2.17. The van der Waals surface area contributed by atoms with Crippen LogP contribution in [0.3, 0.4) is 0 Å². The summed E-state index contributed by atoms with van der Waals surface area (Å²) in [5.74, 6) is -0.912. The van der Waals surface area contributed by atoms with Crippen LogP contribution < -0.4 is 5.32 Å². The Balaban J connectivity index is 2.69. The topological polar surface area (TPSA) is 117 Å². The molecule has 0 bridgehead atoms. The molecule has 0 unspecified atom stereocenters. The number of carbonyl (C=O) groups excluding carboxylic acids is 1. The summed E-state index contributed by atoms with van der Waals surface area (Å²) >= 11 is 1.00. The molecule has 0 saturated carbocycles. The van der Waals surface area contributed by atoms with Crippen molar-refractivity contribution in [1.82, 2.24) is 20.1 Å². The zero-order valence-electron chi connectivity index (χ0n) is 10.5. The first-order chi connectivity index (χ1) is 9.08. The fourth-order valence-electron chi connectivity index (χ4n) is 1.39. The van der Waals surface area contributed by atoms with Gasteiger partial charge in [0.2, 0.25) is 5.91 Å². The summed E-state index contributed by atoms with van der Waals surface area (Å²) in [6.07, 6.45) is 0.222. The summed E-state index contributed by atoms with van der Waals surface area (Å²) in [6, 6.07) is 0. The van der Waals surface area contributed by atoms with Gasteiger partial charge in [0.1, 0.15) is 6.61 Å². The lowest BCUT2D eigenvalue weighted by molar-refractivity contribution is -0.134. The van der Waals surface area contributed by atoms with Crippen molar-refractivity contribution in [3.05, 3.63) is 5.82 Å². The molecule has 0 aliphatic heterocycles. The molecule has 0 fully saturated rings. The Morgan fingerprint density at radius 2 is 2.16 bits per heavy atom. The third-order valence-electron chi connectivity index (χ3n) is 2.20. The van der Waals surface area contributed by atoms with E-state index in [0.29, 0.717) is 24.1 Å². The number of hydrogen-bond acceptors (Lipinski definition) is 6. The third-order valence-corrected chi connectivity index (χ3v) is 3.15. The molecular formula is C10H16N4O4S. The predicted octanol–water partition coefficient (Wildman–Crippen LogP) is -0.527. The Hall–Kier alpha value is -1.61. The second-order valence-corrected chi connectivity index (χ2v) is 4.54. The normalized spacial score (nSPS) is 10.4. The number of hydrogen-bond donors (Lipinski definition) is 3. The zero-order chi connectivity index (χ0) is 14.3. The second kappa shape index (κ2) is 7.74. The third kappa shape index (κ3) is 4.87. The SMILES string of the molecule is CCNC(=O)CCn1c(CO)nnc1SCC(=O)O. The maximum atomic E-state index is 11.4. The van der Waals surface area contributed by atoms with Crippen molar-refractivity contribution in [2.24, 2.45) is 0 Å². The molecule has 0 aromatic carbocycles. The highest BCUT2D eigenvalue weighted by atomic mass is 32.2. The zero-order valence-corrected chi connectivity index (χ0v) is 11.3. The molecule has 0 radical (unpaired) electrons. The minimum absolute atomic E-state index is 0.116. The van der Waals surface area contributed by atoms with Crippen LogP contribution >= 0.6 is 11.8 Å². The highest BCUT2D eigenvalue weighted by molar-refractivity contribution is 7.99. The van der Waals surface area contributed by atoms with Crippen LogP contribution in [0.5, 0.6) is 0 Å². The van der Waals surface area contributed by atoms with Crippen molar-refractivity contribution in [1.29, 1.82) is 0 Å². The molecule has 0 saturated heterocycles. The van der Waals surface area contributed by atoms with Gasteiger partial charge in [0.05, 0.1) is 5.75 Å². The van der Waals surface area contributed by atoms with Gasteiger partial charge in [-0.1, -0.05) is 11.8 Å². The van der Waals surface area contributed by atoms with E-state index in [9.17, 15) is 9.59 Å². The summed E-state index contributed by atoms with van der Waals surface area (Å²) < 4.78 is 1.56. The number of carboxylic acid groups (broad SMARTS) is 1. The van der Waals surface area contributed by atoms with Crippen molar-refractivity contribution in [2.45, 2.75) is 31.7 Å². The van der Waals surface area contributed by atoms with Crippen molar-refractivity contribution >= 4 is 23.6 Å². The predicted molar refractivity (Wildman–Crippen MR) is 67.6 cm³/mol. The molecular weight excluding hydrogens is 272 g/mol. The fourth-order valence-corrected chi connectivity index (χ4v) is 2.10. The molecule has 8 nitrogen and oxygen atoms in total. The Morgan fingerprint density at radius 1 is 1.42 bits per heavy atom. The molecule has 1 aromatic rings. The van der Waals surface area contributed by atoms with E-state index >= 15 is 0 Å². The van der Waals surface area contributed by atoms with E-state index in [1.54, 1.807) is 4.57 Å². The number of carbonyl (C=O) groups is 2. The number of carboxylic acids is 1. The van der Waals surface area contributed by atoms with E-state index in [1.807, 2.05) is 6.92 Å². The number of thioether (sulfide) groups is 1. The van der Waals surface area contributed by atoms with E-state index in [0.717, 1.165) is 11.8 Å². The molecule has 19 heavy (non-hydrogen) atoms. The van der Waals surface area contributed by atoms with Gasteiger partial charge >= 0.3 is 5.97 Å². The van der Waals surface area contributed by atoms with E-state index in [4.69, 9.17) is 10.2 Å². The van der Waals surface area contributed by atoms with Crippen LogP contribution in [-0.2, 0) is 22.7 Å². The van der Waals surface area contributed by atoms with Gasteiger partial charge in [-0.25, -0.2) is 0 Å². The monoisotopic (exact) mass is 288 g/mol. The molecule has 1 rings (SSSR count). The second-order valence-electron chi connectivity index (χ2n) is 3.59. The molecule has 0 aliphatic rings. The summed E-state index contributed by atoms with van der Waals surface area (Å²) in [5, 5.41) is 28.4. The summed E-state index contributed by atoms with van der Waals surface area (Å²) in [5.41, 5.74) is 0. The Labute approximate surface area is 114 Å². The van der Waals surface area contributed by atoms with Crippen molar-refractivity contribution in [3.63, 3.8) is 0 Å². The summed E-state index contributed by atoms with van der Waals surface area (Å²) in [4.78, 5) is 21.9. The van der Waals surface area contributed by atoms with Gasteiger partial charge in [-0.05, 0) is 6.92 Å². The average Bonchev–Trinajstić information content (AvgIpc) is 2.76. The Kier molecular flexibility index (Phi) is 6.30. The smallest absolute Gasteiger partial charge is 0.313 e. The molecule has 1 amide bonds. The molecule has 0 aliphatic carbocycles. The quantitative estimate of drug-likeness (QED) is 0.550. The molecule has 106 valence electrons. The van der Waals surface area contributed by atoms with Crippen molar-refractivity contribution in [3.8, 4) is 0 Å². The molecule has 1 heterocycles. The first-order valence-corrected chi connectivity index (χ1v) is 6.71. The van der Waals surface area contributed by atoms with E-state index in [-0.39, 0.29) is 24.7 Å². The largest absolute Gasteiger partial charge is 0.481 e. The first-order valence-electron chi connectivity index (χ1n) is 5.72. The molecule has 1 aromatic heterocycles. The number of aliphatic hydroxyl groups is 1. The van der Waals surface area contributed by atoms with Crippen LogP contribution in [-0.4, -0.2) is 49.2 Å². The van der Waals surface area contributed by atoms with Gasteiger partial charge in [-0.15, -0.1) is 10.2 Å². The highest BCUT2D eigenvalue weighted by Gasteiger charge is 2.14. The Bertz CT molecular complexity index is 449. The number of aromatic nitrogens is 3. The summed E-state index contributed by atoms with van der Waals surface area (Å²) in [7, 11) is 0. The van der Waals surface area contributed by atoms with Gasteiger partial charge in [0, 0.05) is 19.5 Å². The minimum atomic E-state index is -0.964. The number of nitrogens with one attached hydrogen (secondary N) is 1. The lowest BCUT2D eigenvalue weighted by Crippen LogP contribution is -2.24. The van der Waals surface area contributed by atoms with E-state index in [1.165, 1.54) is 0 Å². The number of amides is 1. The van der Waals surface area contributed by atoms with Crippen LogP contribution in [0.25, 0.3) is 0 Å². The lowest BCUT2D eigenvalue weighted by Gasteiger charge is -2.08. The number of rotatable bonds is 8. The van der Waals surface area contributed by atoms with Gasteiger partial charge in [0.25, 0.3) is 0 Å². The van der Waals surface area contributed by atoms with Crippen LogP contribution in [0.15, 0.2) is 5.16 Å². The van der Waals surface area contributed by atoms with Crippen LogP contribution in [0.2, 0.25) is 0 Å². The minimum Gasteiger partial charge on any atom is -0.481 e. The Morgan fingerprint density at radius 3 is 2.74 bits per heavy atom. The summed E-state index contributed by atoms with van der Waals surface area (Å²) in [6.45, 7) is 2.37. The number of aliphatic hydroxyl groups excluding tert-OH is 1. The number of nitrogens with zero attached hydrogens (tertiary/aromatic N) is 3. The molecule has 9 heteroatoms. The lowest BCUT2D eigenvalue weighted by atomic mass is 10.4. The average molecular weight is 288 g/mol. The fraction of sp³-hybridized carbons (Fsp3) is 0.600. The van der Waals surface area contributed by atoms with Gasteiger partial charge in [0.15, 0.2) is 11.0 Å². The van der Waals surface area contributed by atoms with E-state index < -0.39 is 5.97 Å². The molecule has 3 N–H and O–H groups in total. The van der Waals surface area contributed by atoms with Gasteiger partial charge in [-0.3, -0.25) is 9.59 Å². The van der Waals surface area contributed by atoms with Crippen LogP contribution in [0.1, 0.15) is 19.2 Å². The maximum Gasteiger partial charge on any atom is 0.313 e. The van der Waals surface area contributed by atoms with Crippen molar-refractivity contribution < 1.29 is 19.8 Å². The van der Waals surface area contributed by atoms with Crippen LogP contribution in [0.4, 0.5) is 0 Å². The molecule has 0 spiro atoms. The van der Waals surface area contributed by atoms with Crippen molar-refractivity contribution in [2.75, 3.05) is 12.3 Å².